The first-order valence-electron chi connectivity index (χ1n) is 4.83. The number of hydrazine groups is 1. The van der Waals surface area contributed by atoms with Crippen molar-refractivity contribution in [2.75, 3.05) is 0 Å². The monoisotopic (exact) mass is 259 g/mol. The van der Waals surface area contributed by atoms with Crippen LogP contribution in [0.25, 0.3) is 0 Å². The summed E-state index contributed by atoms with van der Waals surface area (Å²) in [6, 6.07) is 3.53. The summed E-state index contributed by atoms with van der Waals surface area (Å²) < 4.78 is 0. The van der Waals surface area contributed by atoms with Crippen molar-refractivity contribution in [1.82, 2.24) is 10.4 Å². The molecule has 1 atom stereocenters. The molecule has 1 aromatic heterocycles. The molecule has 1 unspecified atom stereocenters. The van der Waals surface area contributed by atoms with Crippen LogP contribution >= 0.6 is 23.4 Å². The number of hydrogen-bond donors (Lipinski definition) is 2. The van der Waals surface area contributed by atoms with Gasteiger partial charge in [0.2, 0.25) is 5.91 Å². The molecule has 16 heavy (non-hydrogen) atoms. The minimum atomic E-state index is -0.251. The third-order valence-corrected chi connectivity index (χ3v) is 3.67. The molecule has 1 aromatic rings. The number of nitrogens with one attached hydrogen (secondary N) is 1. The average Bonchev–Trinajstić information content (AvgIpc) is 2.27. The Hall–Kier alpha value is -0.780. The zero-order valence-electron chi connectivity index (χ0n) is 9.11. The maximum absolute atomic E-state index is 11.5. The van der Waals surface area contributed by atoms with E-state index in [1.807, 2.05) is 13.8 Å². The summed E-state index contributed by atoms with van der Waals surface area (Å²) in [5.74, 6) is 5.11. The van der Waals surface area contributed by atoms with E-state index in [4.69, 9.17) is 17.4 Å². The first kappa shape index (κ1) is 13.3. The lowest BCUT2D eigenvalue weighted by atomic mass is 10.1. The van der Waals surface area contributed by atoms with E-state index in [0.29, 0.717) is 5.02 Å². The number of carbonyl (C=O) groups excluding carboxylic acids is 1. The van der Waals surface area contributed by atoms with E-state index >= 15 is 0 Å². The highest BCUT2D eigenvalue weighted by Gasteiger charge is 2.23. The van der Waals surface area contributed by atoms with Gasteiger partial charge in [-0.05, 0) is 18.1 Å². The van der Waals surface area contributed by atoms with E-state index in [0.717, 1.165) is 5.03 Å². The summed E-state index contributed by atoms with van der Waals surface area (Å²) >= 11 is 7.11. The number of aromatic nitrogens is 1. The third kappa shape index (κ3) is 3.66. The van der Waals surface area contributed by atoms with Crippen molar-refractivity contribution >= 4 is 29.3 Å². The van der Waals surface area contributed by atoms with E-state index in [9.17, 15) is 4.79 Å². The van der Waals surface area contributed by atoms with E-state index in [1.54, 1.807) is 18.3 Å². The number of pyridine rings is 1. The molecule has 0 radical (unpaired) electrons. The normalized spacial score (nSPS) is 12.6. The molecular weight excluding hydrogens is 246 g/mol. The molecule has 88 valence electrons. The fraction of sp³-hybridized carbons (Fsp3) is 0.400. The van der Waals surface area contributed by atoms with Crippen LogP contribution in [0.1, 0.15) is 13.8 Å². The molecule has 0 aliphatic heterocycles. The van der Waals surface area contributed by atoms with Crippen molar-refractivity contribution in [3.8, 4) is 0 Å². The lowest BCUT2D eigenvalue weighted by Crippen LogP contribution is -2.39. The molecule has 0 bridgehead atoms. The van der Waals surface area contributed by atoms with Gasteiger partial charge in [-0.1, -0.05) is 37.2 Å². The molecule has 0 saturated heterocycles. The molecule has 0 spiro atoms. The Kier molecular flexibility index (Phi) is 5.05. The van der Waals surface area contributed by atoms with E-state index in [1.165, 1.54) is 11.8 Å². The highest BCUT2D eigenvalue weighted by molar-refractivity contribution is 8.00. The number of nitrogens with zero attached hydrogens (tertiary/aromatic N) is 1. The highest BCUT2D eigenvalue weighted by Crippen LogP contribution is 2.27. The van der Waals surface area contributed by atoms with Gasteiger partial charge in [0.15, 0.2) is 0 Å². The molecule has 0 aromatic carbocycles. The first-order valence-corrected chi connectivity index (χ1v) is 6.09. The summed E-state index contributed by atoms with van der Waals surface area (Å²) in [6.45, 7) is 3.92. The predicted octanol–water partition coefficient (Wildman–Crippen LogP) is 1.84. The fourth-order valence-electron chi connectivity index (χ4n) is 1.14. The van der Waals surface area contributed by atoms with Crippen LogP contribution in [0.3, 0.4) is 0 Å². The maximum atomic E-state index is 11.5. The van der Waals surface area contributed by atoms with Gasteiger partial charge in [0, 0.05) is 6.20 Å². The molecular formula is C10H14ClN3OS. The Balaban J connectivity index is 2.75. The Morgan fingerprint density at radius 3 is 2.69 bits per heavy atom. The molecule has 0 saturated carbocycles. The van der Waals surface area contributed by atoms with E-state index in [2.05, 4.69) is 10.4 Å². The Morgan fingerprint density at radius 1 is 1.56 bits per heavy atom. The van der Waals surface area contributed by atoms with Gasteiger partial charge in [0.25, 0.3) is 0 Å². The van der Waals surface area contributed by atoms with Crippen molar-refractivity contribution < 1.29 is 4.79 Å². The molecule has 6 heteroatoms. The molecule has 0 aliphatic rings. The molecule has 1 heterocycles. The lowest BCUT2D eigenvalue weighted by molar-refractivity contribution is -0.121. The van der Waals surface area contributed by atoms with Crippen molar-refractivity contribution in [2.24, 2.45) is 11.8 Å². The number of hydrogen-bond acceptors (Lipinski definition) is 4. The third-order valence-electron chi connectivity index (χ3n) is 1.95. The van der Waals surface area contributed by atoms with Crippen LogP contribution in [0, 0.1) is 5.92 Å². The number of carbonyl (C=O) groups is 1. The standard InChI is InChI=1S/C10H14ClN3OS/c1-6(2)9(10(15)14-12)16-8-4-3-7(11)5-13-8/h3-6,9H,12H2,1-2H3,(H,14,15). The molecule has 0 fully saturated rings. The van der Waals surface area contributed by atoms with Crippen molar-refractivity contribution in [3.05, 3.63) is 23.4 Å². The number of halogens is 1. The number of thioether (sulfide) groups is 1. The lowest BCUT2D eigenvalue weighted by Gasteiger charge is -2.17. The summed E-state index contributed by atoms with van der Waals surface area (Å²) in [5, 5.41) is 1.08. The van der Waals surface area contributed by atoms with Crippen LogP contribution in [0.2, 0.25) is 5.02 Å². The van der Waals surface area contributed by atoms with Crippen molar-refractivity contribution in [2.45, 2.75) is 24.1 Å². The summed E-state index contributed by atoms with van der Waals surface area (Å²) in [5.41, 5.74) is 2.16. The van der Waals surface area contributed by atoms with Crippen LogP contribution in [0.15, 0.2) is 23.4 Å². The zero-order chi connectivity index (χ0) is 12.1. The second-order valence-electron chi connectivity index (χ2n) is 3.61. The van der Waals surface area contributed by atoms with Crippen LogP contribution in [0.4, 0.5) is 0 Å². The van der Waals surface area contributed by atoms with E-state index < -0.39 is 0 Å². The van der Waals surface area contributed by atoms with Crippen molar-refractivity contribution in [3.63, 3.8) is 0 Å². The molecule has 4 nitrogen and oxygen atoms in total. The number of amides is 1. The largest absolute Gasteiger partial charge is 0.293 e. The van der Waals surface area contributed by atoms with Gasteiger partial charge >= 0.3 is 0 Å². The van der Waals surface area contributed by atoms with Gasteiger partial charge in [-0.25, -0.2) is 10.8 Å². The van der Waals surface area contributed by atoms with Crippen LogP contribution in [-0.2, 0) is 4.79 Å². The Bertz CT molecular complexity index is 356. The quantitative estimate of drug-likeness (QED) is 0.375. The van der Waals surface area contributed by atoms with Gasteiger partial charge in [-0.2, -0.15) is 0 Å². The van der Waals surface area contributed by atoms with Gasteiger partial charge in [-0.15, -0.1) is 0 Å². The predicted molar refractivity (Wildman–Crippen MR) is 66.1 cm³/mol. The first-order chi connectivity index (χ1) is 7.54. The highest BCUT2D eigenvalue weighted by atomic mass is 35.5. The topological polar surface area (TPSA) is 68.0 Å². The average molecular weight is 260 g/mol. The molecule has 3 N–H and O–H groups in total. The van der Waals surface area contributed by atoms with Gasteiger partial charge in [0.1, 0.15) is 0 Å². The summed E-state index contributed by atoms with van der Waals surface area (Å²) in [7, 11) is 0. The van der Waals surface area contributed by atoms with Gasteiger partial charge in [-0.3, -0.25) is 10.2 Å². The van der Waals surface area contributed by atoms with Crippen molar-refractivity contribution in [1.29, 1.82) is 0 Å². The zero-order valence-corrected chi connectivity index (χ0v) is 10.7. The number of nitrogens with two attached hydrogens (primary N) is 1. The fourth-order valence-corrected chi connectivity index (χ4v) is 2.22. The van der Waals surface area contributed by atoms with Crippen LogP contribution in [0.5, 0.6) is 0 Å². The van der Waals surface area contributed by atoms with Gasteiger partial charge in [0.05, 0.1) is 15.3 Å². The minimum absolute atomic E-state index is 0.172. The Morgan fingerprint density at radius 2 is 2.25 bits per heavy atom. The smallest absolute Gasteiger partial charge is 0.247 e. The van der Waals surface area contributed by atoms with E-state index in [-0.39, 0.29) is 17.1 Å². The molecule has 0 aliphatic carbocycles. The second kappa shape index (κ2) is 6.08. The SMILES string of the molecule is CC(C)C(Sc1ccc(Cl)cn1)C(=O)NN. The van der Waals surface area contributed by atoms with Crippen LogP contribution < -0.4 is 11.3 Å². The number of rotatable bonds is 4. The molecule has 1 rings (SSSR count). The van der Waals surface area contributed by atoms with Gasteiger partial charge < -0.3 is 0 Å². The molecule has 1 amide bonds. The minimum Gasteiger partial charge on any atom is -0.293 e. The second-order valence-corrected chi connectivity index (χ2v) is 5.20. The van der Waals surface area contributed by atoms with Crippen LogP contribution in [-0.4, -0.2) is 16.1 Å². The summed E-state index contributed by atoms with van der Waals surface area (Å²) in [4.78, 5) is 15.6. The Labute approximate surface area is 104 Å². The summed E-state index contributed by atoms with van der Waals surface area (Å²) in [6.07, 6.45) is 1.56. The maximum Gasteiger partial charge on any atom is 0.247 e.